The van der Waals surface area contributed by atoms with Crippen molar-refractivity contribution in [3.63, 3.8) is 0 Å². The molecule has 1 aromatic rings. The normalized spacial score (nSPS) is 25.7. The monoisotopic (exact) mass is 452 g/mol. The van der Waals surface area contributed by atoms with Gasteiger partial charge in [-0.15, -0.1) is 0 Å². The van der Waals surface area contributed by atoms with E-state index >= 15 is 0 Å². The van der Waals surface area contributed by atoms with Crippen LogP contribution in [0.4, 0.5) is 0 Å². The second-order valence-corrected chi connectivity index (χ2v) is 10.7. The first-order valence-electron chi connectivity index (χ1n) is 12.8. The third kappa shape index (κ3) is 4.81. The maximum absolute atomic E-state index is 6.26. The fourth-order valence-corrected chi connectivity index (χ4v) is 6.10. The Hall–Kier alpha value is -1.98. The van der Waals surface area contributed by atoms with Crippen molar-refractivity contribution in [2.75, 3.05) is 33.4 Å². The zero-order valence-corrected chi connectivity index (χ0v) is 20.6. The summed E-state index contributed by atoms with van der Waals surface area (Å²) in [7, 11) is 2.25. The van der Waals surface area contributed by atoms with Gasteiger partial charge in [-0.3, -0.25) is 0 Å². The highest BCUT2D eigenvalue weighted by Gasteiger charge is 2.54. The number of likely N-dealkylation sites (N-methyl/N-ethyl adjacent to an activating group) is 1. The molecular weight excluding hydrogens is 412 g/mol. The minimum atomic E-state index is -0.323. The molecule has 0 unspecified atom stereocenters. The highest BCUT2D eigenvalue weighted by atomic mass is 16.7. The van der Waals surface area contributed by atoms with Gasteiger partial charge in [0, 0.05) is 56.3 Å². The first-order valence-corrected chi connectivity index (χ1v) is 12.8. The molecule has 0 amide bonds. The van der Waals surface area contributed by atoms with Crippen molar-refractivity contribution in [3.8, 4) is 5.75 Å². The van der Waals surface area contributed by atoms with Crippen LogP contribution >= 0.6 is 0 Å². The lowest BCUT2D eigenvalue weighted by Gasteiger charge is -2.49. The molecule has 0 aromatic heterocycles. The molecule has 2 saturated heterocycles. The van der Waals surface area contributed by atoms with Gasteiger partial charge in [0.1, 0.15) is 12.4 Å². The van der Waals surface area contributed by atoms with Gasteiger partial charge in [-0.05, 0) is 69.7 Å². The van der Waals surface area contributed by atoms with Crippen LogP contribution in [0.5, 0.6) is 5.75 Å². The lowest BCUT2D eigenvalue weighted by atomic mass is 9.76. The predicted octanol–water partition coefficient (Wildman–Crippen LogP) is 5.27. The maximum atomic E-state index is 6.26. The van der Waals surface area contributed by atoms with Crippen LogP contribution in [0.1, 0.15) is 64.4 Å². The van der Waals surface area contributed by atoms with E-state index in [4.69, 9.17) is 14.2 Å². The molecule has 1 atom stereocenters. The van der Waals surface area contributed by atoms with Crippen LogP contribution in [0, 0.1) is 0 Å². The highest BCUT2D eigenvalue weighted by Crippen LogP contribution is 2.50. The Kier molecular flexibility index (Phi) is 6.45. The summed E-state index contributed by atoms with van der Waals surface area (Å²) >= 11 is 0. The van der Waals surface area contributed by atoms with Crippen molar-refractivity contribution < 1.29 is 14.2 Å². The first-order chi connectivity index (χ1) is 16.0. The summed E-state index contributed by atoms with van der Waals surface area (Å²) < 4.78 is 18.4. The molecule has 33 heavy (non-hydrogen) atoms. The van der Waals surface area contributed by atoms with Crippen molar-refractivity contribution in [2.24, 2.45) is 0 Å². The SMILES string of the molecule is CC(C)=CCOc1ccc(CC2=CN(C)[C@@H]3CN2C2(CCC4(CC2)OCCCCO4)C3)cc1. The van der Waals surface area contributed by atoms with Crippen molar-refractivity contribution in [3.05, 3.63) is 53.4 Å². The Balaban J connectivity index is 1.27. The van der Waals surface area contributed by atoms with E-state index < -0.39 is 0 Å². The summed E-state index contributed by atoms with van der Waals surface area (Å²) in [6.45, 7) is 7.66. The van der Waals surface area contributed by atoms with Gasteiger partial charge in [0.05, 0.1) is 13.2 Å². The molecule has 5 heteroatoms. The van der Waals surface area contributed by atoms with E-state index in [1.165, 1.54) is 23.3 Å². The van der Waals surface area contributed by atoms with E-state index in [2.05, 4.69) is 67.2 Å². The molecule has 0 radical (unpaired) electrons. The zero-order valence-electron chi connectivity index (χ0n) is 20.6. The lowest BCUT2D eigenvalue weighted by molar-refractivity contribution is -0.250. The molecule has 1 aromatic carbocycles. The third-order valence-corrected chi connectivity index (χ3v) is 8.12. The van der Waals surface area contributed by atoms with Crippen molar-refractivity contribution in [2.45, 2.75) is 82.6 Å². The van der Waals surface area contributed by atoms with Crippen molar-refractivity contribution in [1.82, 2.24) is 9.80 Å². The van der Waals surface area contributed by atoms with Gasteiger partial charge < -0.3 is 24.0 Å². The Morgan fingerprint density at radius 2 is 1.76 bits per heavy atom. The highest BCUT2D eigenvalue weighted by molar-refractivity contribution is 5.32. The number of nitrogens with zero attached hydrogens (tertiary/aromatic N) is 2. The molecule has 5 nitrogen and oxygen atoms in total. The van der Waals surface area contributed by atoms with Gasteiger partial charge in [0.15, 0.2) is 5.79 Å². The summed E-state index contributed by atoms with van der Waals surface area (Å²) in [4.78, 5) is 5.21. The zero-order chi connectivity index (χ0) is 22.9. The molecule has 2 spiro atoms. The molecule has 3 fully saturated rings. The Bertz CT molecular complexity index is 869. The number of rotatable bonds is 5. The van der Waals surface area contributed by atoms with E-state index in [-0.39, 0.29) is 11.3 Å². The largest absolute Gasteiger partial charge is 0.490 e. The predicted molar refractivity (Wildman–Crippen MR) is 131 cm³/mol. The minimum absolute atomic E-state index is 0.249. The Morgan fingerprint density at radius 3 is 2.42 bits per heavy atom. The molecule has 3 aliphatic heterocycles. The maximum Gasteiger partial charge on any atom is 0.168 e. The van der Waals surface area contributed by atoms with E-state index in [1.807, 2.05) is 0 Å². The molecule has 2 bridgehead atoms. The van der Waals surface area contributed by atoms with Crippen molar-refractivity contribution >= 4 is 0 Å². The van der Waals surface area contributed by atoms with Gasteiger partial charge in [0.25, 0.3) is 0 Å². The summed E-state index contributed by atoms with van der Waals surface area (Å²) in [5.74, 6) is 0.612. The van der Waals surface area contributed by atoms with Crippen LogP contribution in [-0.4, -0.2) is 60.6 Å². The Labute approximate surface area is 199 Å². The number of hydrogen-bond acceptors (Lipinski definition) is 5. The lowest BCUT2D eigenvalue weighted by Crippen LogP contribution is -2.52. The van der Waals surface area contributed by atoms with Gasteiger partial charge in [-0.2, -0.15) is 0 Å². The molecule has 4 aliphatic rings. The van der Waals surface area contributed by atoms with E-state index in [9.17, 15) is 0 Å². The molecule has 1 aliphatic carbocycles. The number of hydrogen-bond donors (Lipinski definition) is 0. The van der Waals surface area contributed by atoms with Crippen LogP contribution in [-0.2, 0) is 15.9 Å². The summed E-state index contributed by atoms with van der Waals surface area (Å²) in [6, 6.07) is 9.27. The fourth-order valence-electron chi connectivity index (χ4n) is 6.10. The van der Waals surface area contributed by atoms with Crippen LogP contribution < -0.4 is 4.74 Å². The summed E-state index contributed by atoms with van der Waals surface area (Å²) in [5.41, 5.74) is 4.32. The fraction of sp³-hybridized carbons (Fsp3) is 0.643. The Morgan fingerprint density at radius 1 is 1.06 bits per heavy atom. The standard InChI is InChI=1S/C28H40N2O3/c1-22(2)10-17-31-26-8-6-23(7-9-26)18-24-20-29(3)25-19-27(30(24)21-25)11-13-28(14-12-27)32-15-4-5-16-33-28/h6-10,20,25H,4-5,11-19,21H2,1-3H3/t25-/m0/s1. The van der Waals surface area contributed by atoms with Gasteiger partial charge in [-0.1, -0.05) is 17.7 Å². The molecule has 0 N–H and O–H groups in total. The summed E-state index contributed by atoms with van der Waals surface area (Å²) in [6.07, 6.45) is 13.3. The average Bonchev–Trinajstić information content (AvgIpc) is 2.95. The van der Waals surface area contributed by atoms with Gasteiger partial charge >= 0.3 is 0 Å². The molecule has 180 valence electrons. The van der Waals surface area contributed by atoms with Crippen molar-refractivity contribution in [1.29, 1.82) is 0 Å². The van der Waals surface area contributed by atoms with E-state index in [0.717, 1.165) is 70.5 Å². The van der Waals surface area contributed by atoms with Gasteiger partial charge in [0.2, 0.25) is 0 Å². The smallest absolute Gasteiger partial charge is 0.168 e. The number of fused-ring (bicyclic) bond motifs is 3. The summed E-state index contributed by atoms with van der Waals surface area (Å²) in [5, 5.41) is 0. The van der Waals surface area contributed by atoms with Crippen LogP contribution in [0.2, 0.25) is 0 Å². The van der Waals surface area contributed by atoms with Crippen LogP contribution in [0.15, 0.2) is 47.8 Å². The minimum Gasteiger partial charge on any atom is -0.490 e. The second-order valence-electron chi connectivity index (χ2n) is 10.7. The van der Waals surface area contributed by atoms with Crippen LogP contribution in [0.3, 0.4) is 0 Å². The molecule has 1 saturated carbocycles. The average molecular weight is 453 g/mol. The first kappa shape index (κ1) is 22.8. The molecule has 3 heterocycles. The molecule has 5 rings (SSSR count). The van der Waals surface area contributed by atoms with E-state index in [1.54, 1.807) is 0 Å². The topological polar surface area (TPSA) is 34.2 Å². The van der Waals surface area contributed by atoms with Gasteiger partial charge in [-0.25, -0.2) is 0 Å². The molecular formula is C28H40N2O3. The van der Waals surface area contributed by atoms with E-state index in [0.29, 0.717) is 12.6 Å². The third-order valence-electron chi connectivity index (χ3n) is 8.12. The number of ether oxygens (including phenoxy) is 3. The second kappa shape index (κ2) is 9.34. The quantitative estimate of drug-likeness (QED) is 0.569. The number of allylic oxidation sites excluding steroid dienone is 2. The van der Waals surface area contributed by atoms with Crippen LogP contribution in [0.25, 0.3) is 0 Å². The number of benzene rings is 1.